The Hall–Kier alpha value is -1.56. The molecule has 1 aliphatic carbocycles. The van der Waals surface area contributed by atoms with Gasteiger partial charge in [0, 0.05) is 6.42 Å². The van der Waals surface area contributed by atoms with E-state index >= 15 is 0 Å². The van der Waals surface area contributed by atoms with Crippen molar-refractivity contribution in [1.82, 2.24) is 0 Å². The van der Waals surface area contributed by atoms with Crippen LogP contribution in [0.4, 0.5) is 13.2 Å². The fourth-order valence-corrected chi connectivity index (χ4v) is 3.61. The van der Waals surface area contributed by atoms with Crippen molar-refractivity contribution in [3.8, 4) is 5.75 Å². The van der Waals surface area contributed by atoms with Gasteiger partial charge in [-0.1, -0.05) is 12.1 Å². The number of benzene rings is 1. The lowest BCUT2D eigenvalue weighted by atomic mass is 9.76. The van der Waals surface area contributed by atoms with E-state index in [1.807, 2.05) is 0 Å². The molecule has 0 radical (unpaired) electrons. The summed E-state index contributed by atoms with van der Waals surface area (Å²) >= 11 is 0. The van der Waals surface area contributed by atoms with Gasteiger partial charge in [-0.25, -0.2) is 0 Å². The number of halogens is 3. The van der Waals surface area contributed by atoms with Gasteiger partial charge in [-0.2, -0.15) is 0 Å². The second kappa shape index (κ2) is 6.51. The average molecular weight is 328 g/mol. The van der Waals surface area contributed by atoms with Crippen molar-refractivity contribution in [2.24, 2.45) is 5.92 Å². The molecule has 23 heavy (non-hydrogen) atoms. The number of hydrogen-bond donors (Lipinski definition) is 0. The number of carbonyl (C=O) groups is 1. The first-order valence-electron chi connectivity index (χ1n) is 7.90. The minimum Gasteiger partial charge on any atom is -0.406 e. The second-order valence-corrected chi connectivity index (χ2v) is 6.32. The van der Waals surface area contributed by atoms with Crippen molar-refractivity contribution in [1.29, 1.82) is 0 Å². The maximum absolute atomic E-state index is 12.2. The predicted octanol–water partition coefficient (Wildman–Crippen LogP) is 4.22. The predicted molar refractivity (Wildman–Crippen MR) is 77.2 cm³/mol. The summed E-state index contributed by atoms with van der Waals surface area (Å²) in [6, 6.07) is 6.16. The SMILES string of the molecule is O=C1COC(C2CCC(c3ccc(OC(F)(F)F)cc3)CC2)C1. The van der Waals surface area contributed by atoms with Gasteiger partial charge in [0.1, 0.15) is 12.4 Å². The third kappa shape index (κ3) is 4.25. The van der Waals surface area contributed by atoms with Crippen molar-refractivity contribution < 1.29 is 27.4 Å². The molecule has 0 aromatic heterocycles. The van der Waals surface area contributed by atoms with Crippen molar-refractivity contribution in [3.63, 3.8) is 0 Å². The number of alkyl halides is 3. The second-order valence-electron chi connectivity index (χ2n) is 6.32. The van der Waals surface area contributed by atoms with E-state index in [0.29, 0.717) is 18.3 Å². The zero-order chi connectivity index (χ0) is 16.4. The van der Waals surface area contributed by atoms with Gasteiger partial charge in [0.05, 0.1) is 6.10 Å². The van der Waals surface area contributed by atoms with Gasteiger partial charge in [0.2, 0.25) is 0 Å². The van der Waals surface area contributed by atoms with Crippen LogP contribution in [0.1, 0.15) is 43.6 Å². The summed E-state index contributed by atoms with van der Waals surface area (Å²) in [5.74, 6) is 0.763. The highest BCUT2D eigenvalue weighted by Crippen LogP contribution is 2.39. The van der Waals surface area contributed by atoms with Crippen LogP contribution >= 0.6 is 0 Å². The third-order valence-electron chi connectivity index (χ3n) is 4.77. The van der Waals surface area contributed by atoms with Crippen LogP contribution in [0.2, 0.25) is 0 Å². The molecule has 1 heterocycles. The molecule has 1 atom stereocenters. The van der Waals surface area contributed by atoms with Gasteiger partial charge in [-0.15, -0.1) is 13.2 Å². The highest BCUT2D eigenvalue weighted by molar-refractivity contribution is 5.81. The minimum atomic E-state index is -4.65. The molecule has 3 nitrogen and oxygen atoms in total. The van der Waals surface area contributed by atoms with Crippen LogP contribution in [-0.2, 0) is 9.53 Å². The zero-order valence-electron chi connectivity index (χ0n) is 12.6. The molecule has 0 bridgehead atoms. The molecule has 1 saturated heterocycles. The van der Waals surface area contributed by atoms with Crippen LogP contribution in [0.15, 0.2) is 24.3 Å². The van der Waals surface area contributed by atoms with E-state index < -0.39 is 6.36 Å². The summed E-state index contributed by atoms with van der Waals surface area (Å²) in [5, 5.41) is 0. The molecular formula is C17H19F3O3. The molecular weight excluding hydrogens is 309 g/mol. The first kappa shape index (κ1) is 16.3. The summed E-state index contributed by atoms with van der Waals surface area (Å²) in [6.07, 6.45) is -0.147. The van der Waals surface area contributed by atoms with Crippen LogP contribution in [0.3, 0.4) is 0 Å². The van der Waals surface area contributed by atoms with Crippen LogP contribution in [0.25, 0.3) is 0 Å². The lowest BCUT2D eigenvalue weighted by Crippen LogP contribution is -2.24. The summed E-state index contributed by atoms with van der Waals surface area (Å²) in [6.45, 7) is 0.241. The van der Waals surface area contributed by atoms with Gasteiger partial charge >= 0.3 is 6.36 Å². The maximum Gasteiger partial charge on any atom is 0.573 e. The Labute approximate surface area is 132 Å². The van der Waals surface area contributed by atoms with E-state index in [-0.39, 0.29) is 24.2 Å². The van der Waals surface area contributed by atoms with Crippen molar-refractivity contribution in [3.05, 3.63) is 29.8 Å². The lowest BCUT2D eigenvalue weighted by molar-refractivity contribution is -0.274. The van der Waals surface area contributed by atoms with Crippen LogP contribution in [-0.4, -0.2) is 24.9 Å². The van der Waals surface area contributed by atoms with Crippen molar-refractivity contribution >= 4 is 5.78 Å². The fourth-order valence-electron chi connectivity index (χ4n) is 3.61. The zero-order valence-corrected chi connectivity index (χ0v) is 12.6. The Balaban J connectivity index is 1.54. The largest absolute Gasteiger partial charge is 0.573 e. The molecule has 0 spiro atoms. The van der Waals surface area contributed by atoms with Gasteiger partial charge in [0.25, 0.3) is 0 Å². The van der Waals surface area contributed by atoms with E-state index in [2.05, 4.69) is 4.74 Å². The van der Waals surface area contributed by atoms with Crippen LogP contribution in [0, 0.1) is 5.92 Å². The number of ether oxygens (including phenoxy) is 2. The molecule has 6 heteroatoms. The van der Waals surface area contributed by atoms with Gasteiger partial charge in [-0.3, -0.25) is 4.79 Å². The highest BCUT2D eigenvalue weighted by Gasteiger charge is 2.34. The quantitative estimate of drug-likeness (QED) is 0.833. The molecule has 2 fully saturated rings. The van der Waals surface area contributed by atoms with E-state index in [4.69, 9.17) is 4.74 Å². The number of carbonyl (C=O) groups excluding carboxylic acids is 1. The van der Waals surface area contributed by atoms with Crippen molar-refractivity contribution in [2.75, 3.05) is 6.61 Å². The highest BCUT2D eigenvalue weighted by atomic mass is 19.4. The lowest BCUT2D eigenvalue weighted by Gasteiger charge is -2.31. The molecule has 1 saturated carbocycles. The molecule has 3 rings (SSSR count). The summed E-state index contributed by atoms with van der Waals surface area (Å²) in [5.41, 5.74) is 1.04. The van der Waals surface area contributed by atoms with Crippen LogP contribution in [0.5, 0.6) is 5.75 Å². The van der Waals surface area contributed by atoms with E-state index in [9.17, 15) is 18.0 Å². The molecule has 1 aromatic rings. The summed E-state index contributed by atoms with van der Waals surface area (Å²) in [7, 11) is 0. The van der Waals surface area contributed by atoms with Gasteiger partial charge < -0.3 is 9.47 Å². The Morgan fingerprint density at radius 3 is 2.22 bits per heavy atom. The number of hydrogen-bond acceptors (Lipinski definition) is 3. The molecule has 126 valence electrons. The Morgan fingerprint density at radius 1 is 1.04 bits per heavy atom. The number of Topliss-reactive ketones (excluding diaryl/α,β-unsaturated/α-hetero) is 1. The molecule has 1 unspecified atom stereocenters. The molecule has 1 aromatic carbocycles. The number of ketones is 1. The summed E-state index contributed by atoms with van der Waals surface area (Å²) < 4.78 is 45.9. The van der Waals surface area contributed by atoms with E-state index in [1.54, 1.807) is 12.1 Å². The Bertz CT molecular complexity index is 545. The Kier molecular flexibility index (Phi) is 4.62. The molecule has 0 amide bonds. The monoisotopic (exact) mass is 328 g/mol. The van der Waals surface area contributed by atoms with E-state index in [0.717, 1.165) is 31.2 Å². The molecule has 1 aliphatic heterocycles. The molecule has 0 N–H and O–H groups in total. The topological polar surface area (TPSA) is 35.5 Å². The maximum atomic E-state index is 12.2. The third-order valence-corrected chi connectivity index (χ3v) is 4.77. The average Bonchev–Trinajstić information content (AvgIpc) is 2.93. The fraction of sp³-hybridized carbons (Fsp3) is 0.588. The van der Waals surface area contributed by atoms with Crippen molar-refractivity contribution in [2.45, 2.75) is 50.5 Å². The normalized spacial score (nSPS) is 28.8. The van der Waals surface area contributed by atoms with Gasteiger partial charge in [0.15, 0.2) is 5.78 Å². The van der Waals surface area contributed by atoms with Gasteiger partial charge in [-0.05, 0) is 55.2 Å². The number of rotatable bonds is 3. The van der Waals surface area contributed by atoms with Crippen LogP contribution < -0.4 is 4.74 Å². The Morgan fingerprint density at radius 2 is 1.70 bits per heavy atom. The molecule has 2 aliphatic rings. The first-order chi connectivity index (χ1) is 10.9. The standard InChI is InChI=1S/C17H19F3O3/c18-17(19,20)23-15-7-5-12(6-8-15)11-1-3-13(4-2-11)16-9-14(21)10-22-16/h5-8,11,13,16H,1-4,9-10H2. The summed E-state index contributed by atoms with van der Waals surface area (Å²) in [4.78, 5) is 11.3. The smallest absolute Gasteiger partial charge is 0.406 e. The first-order valence-corrected chi connectivity index (χ1v) is 7.90. The minimum absolute atomic E-state index is 0.0611. The van der Waals surface area contributed by atoms with E-state index in [1.165, 1.54) is 12.1 Å².